The van der Waals surface area contributed by atoms with E-state index in [1.165, 1.54) is 4.88 Å². The van der Waals surface area contributed by atoms with Crippen LogP contribution in [0.1, 0.15) is 40.3 Å². The highest BCUT2D eigenvalue weighted by Crippen LogP contribution is 2.20. The van der Waals surface area contributed by atoms with Crippen molar-refractivity contribution in [1.29, 1.82) is 0 Å². The molecular weight excluding hydrogens is 272 g/mol. The minimum atomic E-state index is -0.192. The molecule has 0 spiro atoms. The first kappa shape index (κ1) is 14.5. The lowest BCUT2D eigenvalue weighted by Gasteiger charge is -2.11. The van der Waals surface area contributed by atoms with Gasteiger partial charge in [0.2, 0.25) is 0 Å². The lowest BCUT2D eigenvalue weighted by Crippen LogP contribution is -2.27. The maximum atomic E-state index is 12.1. The van der Waals surface area contributed by atoms with E-state index in [2.05, 4.69) is 27.5 Å². The van der Waals surface area contributed by atoms with Crippen LogP contribution >= 0.6 is 11.3 Å². The van der Waals surface area contributed by atoms with Gasteiger partial charge in [-0.1, -0.05) is 6.92 Å². The van der Waals surface area contributed by atoms with Gasteiger partial charge in [0.05, 0.1) is 6.04 Å². The van der Waals surface area contributed by atoms with Gasteiger partial charge in [0.1, 0.15) is 10.7 Å². The van der Waals surface area contributed by atoms with Gasteiger partial charge in [0.15, 0.2) is 0 Å². The quantitative estimate of drug-likeness (QED) is 0.888. The van der Waals surface area contributed by atoms with Crippen molar-refractivity contribution in [2.24, 2.45) is 0 Å². The molecule has 0 bridgehead atoms. The normalized spacial score (nSPS) is 11.9. The van der Waals surface area contributed by atoms with Crippen molar-refractivity contribution in [2.75, 3.05) is 12.4 Å². The zero-order valence-corrected chi connectivity index (χ0v) is 12.6. The van der Waals surface area contributed by atoms with Crippen LogP contribution in [0.25, 0.3) is 0 Å². The molecule has 2 heterocycles. The van der Waals surface area contributed by atoms with E-state index in [0.29, 0.717) is 5.69 Å². The monoisotopic (exact) mass is 290 g/mol. The molecule has 1 unspecified atom stereocenters. The number of carbonyl (C=O) groups is 1. The summed E-state index contributed by atoms with van der Waals surface area (Å²) in [5, 5.41) is 6.82. The third-order valence-corrected chi connectivity index (χ3v) is 4.24. The largest absolute Gasteiger partial charge is 0.388 e. The number of rotatable bonds is 5. The fraction of sp³-hybridized carbons (Fsp3) is 0.357. The van der Waals surface area contributed by atoms with Crippen molar-refractivity contribution in [1.82, 2.24) is 15.3 Å². The number of aryl methyl sites for hydroxylation is 1. The number of carbonyl (C=O) groups excluding carboxylic acids is 1. The number of pyridine rings is 1. The summed E-state index contributed by atoms with van der Waals surface area (Å²) in [6.07, 6.45) is 4.44. The second-order valence-electron chi connectivity index (χ2n) is 4.39. The van der Waals surface area contributed by atoms with Gasteiger partial charge < -0.3 is 10.6 Å². The Morgan fingerprint density at radius 1 is 1.45 bits per heavy atom. The highest BCUT2D eigenvalue weighted by atomic mass is 32.1. The minimum Gasteiger partial charge on any atom is -0.388 e. The van der Waals surface area contributed by atoms with E-state index in [-0.39, 0.29) is 11.9 Å². The number of hydrogen-bond donors (Lipinski definition) is 2. The zero-order chi connectivity index (χ0) is 14.5. The molecule has 2 aromatic rings. The highest BCUT2D eigenvalue weighted by molar-refractivity contribution is 7.11. The molecule has 1 amide bonds. The minimum absolute atomic E-state index is 0.118. The highest BCUT2D eigenvalue weighted by Gasteiger charge is 2.15. The molecule has 6 heteroatoms. The Balaban J connectivity index is 2.06. The summed E-state index contributed by atoms with van der Waals surface area (Å²) in [6, 6.07) is 3.42. The summed E-state index contributed by atoms with van der Waals surface area (Å²) in [6.45, 7) is 4.02. The second-order valence-corrected chi connectivity index (χ2v) is 5.54. The SMILES string of the molecule is CCc1cnc(C(C)NC(=O)c2cc(NC)ccn2)s1. The van der Waals surface area contributed by atoms with Crippen LogP contribution < -0.4 is 10.6 Å². The summed E-state index contributed by atoms with van der Waals surface area (Å²) in [5.41, 5.74) is 1.26. The van der Waals surface area contributed by atoms with Gasteiger partial charge in [0.25, 0.3) is 5.91 Å². The number of anilines is 1. The van der Waals surface area contributed by atoms with Gasteiger partial charge in [-0.15, -0.1) is 11.3 Å². The summed E-state index contributed by atoms with van der Waals surface area (Å²) in [7, 11) is 1.81. The lowest BCUT2D eigenvalue weighted by molar-refractivity contribution is 0.0935. The van der Waals surface area contributed by atoms with Crippen LogP contribution in [-0.4, -0.2) is 22.9 Å². The van der Waals surface area contributed by atoms with Crippen molar-refractivity contribution in [3.05, 3.63) is 40.1 Å². The number of thiazole rings is 1. The average Bonchev–Trinajstić information content (AvgIpc) is 2.96. The van der Waals surface area contributed by atoms with Crippen molar-refractivity contribution in [3.8, 4) is 0 Å². The number of hydrogen-bond acceptors (Lipinski definition) is 5. The maximum absolute atomic E-state index is 12.1. The van der Waals surface area contributed by atoms with Crippen LogP contribution in [0.5, 0.6) is 0 Å². The molecule has 0 saturated heterocycles. The predicted molar refractivity (Wildman–Crippen MR) is 81.2 cm³/mol. The summed E-state index contributed by atoms with van der Waals surface area (Å²) < 4.78 is 0. The Labute approximate surface area is 122 Å². The van der Waals surface area contributed by atoms with Crippen molar-refractivity contribution in [3.63, 3.8) is 0 Å². The Bertz CT molecular complexity index is 596. The summed E-state index contributed by atoms with van der Waals surface area (Å²) in [4.78, 5) is 21.8. The molecule has 2 N–H and O–H groups in total. The lowest BCUT2D eigenvalue weighted by atomic mass is 10.2. The molecule has 0 aliphatic heterocycles. The van der Waals surface area contributed by atoms with Crippen LogP contribution in [0.2, 0.25) is 0 Å². The number of nitrogens with zero attached hydrogens (tertiary/aromatic N) is 2. The molecule has 0 aromatic carbocycles. The summed E-state index contributed by atoms with van der Waals surface area (Å²) in [5.74, 6) is -0.192. The molecule has 2 aromatic heterocycles. The smallest absolute Gasteiger partial charge is 0.270 e. The molecule has 2 rings (SSSR count). The summed E-state index contributed by atoms with van der Waals surface area (Å²) >= 11 is 1.63. The fourth-order valence-corrected chi connectivity index (χ4v) is 2.59. The van der Waals surface area contributed by atoms with E-state index in [1.807, 2.05) is 26.2 Å². The molecule has 0 aliphatic rings. The molecule has 1 atom stereocenters. The van der Waals surface area contributed by atoms with Gasteiger partial charge in [-0.3, -0.25) is 9.78 Å². The first-order chi connectivity index (χ1) is 9.63. The van der Waals surface area contributed by atoms with Crippen LogP contribution in [0.4, 0.5) is 5.69 Å². The molecular formula is C14H18N4OS. The predicted octanol–water partition coefficient (Wildman–Crippen LogP) is 2.63. The van der Waals surface area contributed by atoms with E-state index < -0.39 is 0 Å². The van der Waals surface area contributed by atoms with E-state index in [0.717, 1.165) is 17.1 Å². The average molecular weight is 290 g/mol. The topological polar surface area (TPSA) is 66.9 Å². The molecule has 0 fully saturated rings. The Morgan fingerprint density at radius 2 is 2.25 bits per heavy atom. The molecule has 0 aliphatic carbocycles. The van der Waals surface area contributed by atoms with Crippen LogP contribution in [0.15, 0.2) is 24.5 Å². The first-order valence-electron chi connectivity index (χ1n) is 6.53. The van der Waals surface area contributed by atoms with Gasteiger partial charge in [-0.25, -0.2) is 4.98 Å². The van der Waals surface area contributed by atoms with Gasteiger partial charge in [-0.2, -0.15) is 0 Å². The van der Waals surface area contributed by atoms with E-state index in [1.54, 1.807) is 23.6 Å². The zero-order valence-electron chi connectivity index (χ0n) is 11.8. The van der Waals surface area contributed by atoms with E-state index in [9.17, 15) is 4.79 Å². The third-order valence-electron chi connectivity index (χ3n) is 2.92. The van der Waals surface area contributed by atoms with Crippen molar-refractivity contribution < 1.29 is 4.79 Å². The number of aromatic nitrogens is 2. The fourth-order valence-electron chi connectivity index (χ4n) is 1.73. The van der Waals surface area contributed by atoms with E-state index >= 15 is 0 Å². The molecule has 0 saturated carbocycles. The van der Waals surface area contributed by atoms with Gasteiger partial charge >= 0.3 is 0 Å². The van der Waals surface area contributed by atoms with Crippen molar-refractivity contribution in [2.45, 2.75) is 26.3 Å². The third kappa shape index (κ3) is 3.33. The molecule has 5 nitrogen and oxygen atoms in total. The Hall–Kier alpha value is -1.95. The second kappa shape index (κ2) is 6.47. The Kier molecular flexibility index (Phi) is 4.68. The van der Waals surface area contributed by atoms with Crippen molar-refractivity contribution >= 4 is 22.9 Å². The standard InChI is InChI=1S/C14H18N4OS/c1-4-11-8-17-14(20-11)9(2)18-13(19)12-7-10(15-3)5-6-16-12/h5-9H,4H2,1-3H3,(H,15,16)(H,18,19). The number of nitrogens with one attached hydrogen (secondary N) is 2. The van der Waals surface area contributed by atoms with E-state index in [4.69, 9.17) is 0 Å². The van der Waals surface area contributed by atoms with Gasteiger partial charge in [0, 0.05) is 30.0 Å². The van der Waals surface area contributed by atoms with Gasteiger partial charge in [-0.05, 0) is 25.5 Å². The number of amides is 1. The van der Waals surface area contributed by atoms with Crippen LogP contribution in [0.3, 0.4) is 0 Å². The molecule has 0 radical (unpaired) electrons. The Morgan fingerprint density at radius 3 is 2.90 bits per heavy atom. The molecule has 106 valence electrons. The maximum Gasteiger partial charge on any atom is 0.270 e. The van der Waals surface area contributed by atoms with Crippen LogP contribution in [-0.2, 0) is 6.42 Å². The first-order valence-corrected chi connectivity index (χ1v) is 7.35. The van der Waals surface area contributed by atoms with Crippen LogP contribution in [0, 0.1) is 0 Å². The molecule has 20 heavy (non-hydrogen) atoms.